The topological polar surface area (TPSA) is 12.0 Å². The number of benzene rings is 1. The second-order valence-electron chi connectivity index (χ2n) is 4.69. The van der Waals surface area contributed by atoms with Crippen LogP contribution in [0, 0.1) is 5.92 Å². The summed E-state index contributed by atoms with van der Waals surface area (Å²) in [5.74, 6) is 0.927. The van der Waals surface area contributed by atoms with Gasteiger partial charge in [0.1, 0.15) is 0 Å². The fourth-order valence-corrected chi connectivity index (χ4v) is 2.42. The van der Waals surface area contributed by atoms with E-state index in [9.17, 15) is 0 Å². The van der Waals surface area contributed by atoms with Gasteiger partial charge in [-0.2, -0.15) is 0 Å². The lowest BCUT2D eigenvalue weighted by atomic mass is 10.1. The first-order valence-electron chi connectivity index (χ1n) is 6.14. The van der Waals surface area contributed by atoms with Crippen LogP contribution in [0.25, 0.3) is 0 Å². The largest absolute Gasteiger partial charge is 0.310 e. The molecule has 2 rings (SSSR count). The molecule has 1 nitrogen and oxygen atoms in total. The van der Waals surface area contributed by atoms with Crippen molar-refractivity contribution in [2.45, 2.75) is 38.6 Å². The normalized spacial score (nSPS) is 19.3. The maximum Gasteiger partial charge on any atom is 0.0291 e. The number of nitrogens with one attached hydrogen (secondary N) is 1. The lowest BCUT2D eigenvalue weighted by Crippen LogP contribution is -2.24. The third-order valence-electron chi connectivity index (χ3n) is 3.49. The van der Waals surface area contributed by atoms with Crippen LogP contribution in [0.4, 0.5) is 0 Å². The molecule has 1 atom stereocenters. The van der Waals surface area contributed by atoms with Crippen LogP contribution in [-0.2, 0) is 0 Å². The van der Waals surface area contributed by atoms with E-state index in [0.29, 0.717) is 6.04 Å². The smallest absolute Gasteiger partial charge is 0.0291 e. The van der Waals surface area contributed by atoms with Gasteiger partial charge in [-0.25, -0.2) is 0 Å². The minimum atomic E-state index is 0.492. The molecular formula is C14H21N. The molecule has 1 heteroatoms. The quantitative estimate of drug-likeness (QED) is 0.789. The van der Waals surface area contributed by atoms with Crippen LogP contribution < -0.4 is 5.32 Å². The Morgan fingerprint density at radius 1 is 1.20 bits per heavy atom. The van der Waals surface area contributed by atoms with Crippen molar-refractivity contribution >= 4 is 0 Å². The fourth-order valence-electron chi connectivity index (χ4n) is 2.42. The van der Waals surface area contributed by atoms with E-state index in [1.54, 1.807) is 0 Å². The van der Waals surface area contributed by atoms with Crippen molar-refractivity contribution in [1.82, 2.24) is 5.32 Å². The zero-order chi connectivity index (χ0) is 10.5. The highest BCUT2D eigenvalue weighted by molar-refractivity contribution is 5.17. The van der Waals surface area contributed by atoms with Gasteiger partial charge in [0.2, 0.25) is 0 Å². The van der Waals surface area contributed by atoms with Crippen LogP contribution in [0.15, 0.2) is 30.3 Å². The molecule has 15 heavy (non-hydrogen) atoms. The Balaban J connectivity index is 1.79. The van der Waals surface area contributed by atoms with E-state index >= 15 is 0 Å². The molecule has 1 fully saturated rings. The average Bonchev–Trinajstić information content (AvgIpc) is 2.80. The van der Waals surface area contributed by atoms with Crippen LogP contribution >= 0.6 is 0 Å². The van der Waals surface area contributed by atoms with E-state index in [-0.39, 0.29) is 0 Å². The van der Waals surface area contributed by atoms with Gasteiger partial charge in [-0.05, 0) is 37.8 Å². The van der Waals surface area contributed by atoms with Crippen LogP contribution in [-0.4, -0.2) is 6.54 Å². The summed E-state index contributed by atoms with van der Waals surface area (Å²) in [6, 6.07) is 11.2. The molecule has 0 radical (unpaired) electrons. The Labute approximate surface area is 92.9 Å². The van der Waals surface area contributed by atoms with Gasteiger partial charge in [0.05, 0.1) is 0 Å². The first-order chi connectivity index (χ1) is 7.36. The van der Waals surface area contributed by atoms with E-state index < -0.39 is 0 Å². The second-order valence-corrected chi connectivity index (χ2v) is 4.69. The molecule has 0 aliphatic heterocycles. The summed E-state index contributed by atoms with van der Waals surface area (Å²) in [6.45, 7) is 3.44. The Bertz CT molecular complexity index is 275. The van der Waals surface area contributed by atoms with Gasteiger partial charge in [-0.15, -0.1) is 0 Å². The van der Waals surface area contributed by atoms with Crippen molar-refractivity contribution in [3.63, 3.8) is 0 Å². The Kier molecular flexibility index (Phi) is 3.79. The number of rotatable bonds is 4. The van der Waals surface area contributed by atoms with Crippen molar-refractivity contribution in [3.8, 4) is 0 Å². The van der Waals surface area contributed by atoms with Crippen molar-refractivity contribution < 1.29 is 0 Å². The zero-order valence-electron chi connectivity index (χ0n) is 9.58. The van der Waals surface area contributed by atoms with Gasteiger partial charge in [0, 0.05) is 6.04 Å². The third-order valence-corrected chi connectivity index (χ3v) is 3.49. The maximum atomic E-state index is 3.64. The standard InChI is InChI=1S/C14H21N/c1-12(14-9-3-2-4-10-14)15-11-13-7-5-6-8-13/h2-4,9-10,12-13,15H,5-8,11H2,1H3. The highest BCUT2D eigenvalue weighted by Gasteiger charge is 2.15. The molecule has 0 aromatic heterocycles. The Morgan fingerprint density at radius 3 is 2.53 bits per heavy atom. The fraction of sp³-hybridized carbons (Fsp3) is 0.571. The summed E-state index contributed by atoms with van der Waals surface area (Å²) in [5, 5.41) is 3.64. The van der Waals surface area contributed by atoms with Crippen molar-refractivity contribution in [1.29, 1.82) is 0 Å². The molecule has 1 unspecified atom stereocenters. The van der Waals surface area contributed by atoms with Crippen molar-refractivity contribution in [3.05, 3.63) is 35.9 Å². The molecule has 1 aromatic rings. The van der Waals surface area contributed by atoms with Gasteiger partial charge >= 0.3 is 0 Å². The van der Waals surface area contributed by atoms with Crippen LogP contribution in [0.5, 0.6) is 0 Å². The predicted molar refractivity (Wildman–Crippen MR) is 64.8 cm³/mol. The van der Waals surface area contributed by atoms with E-state index in [0.717, 1.165) is 5.92 Å². The molecule has 1 aliphatic carbocycles. The lowest BCUT2D eigenvalue weighted by Gasteiger charge is -2.17. The van der Waals surface area contributed by atoms with Crippen LogP contribution in [0.3, 0.4) is 0 Å². The van der Waals surface area contributed by atoms with E-state index in [1.807, 2.05) is 0 Å². The van der Waals surface area contributed by atoms with Crippen LogP contribution in [0.2, 0.25) is 0 Å². The molecule has 0 bridgehead atoms. The second kappa shape index (κ2) is 5.32. The summed E-state index contributed by atoms with van der Waals surface area (Å²) < 4.78 is 0. The van der Waals surface area contributed by atoms with Gasteiger partial charge in [0.15, 0.2) is 0 Å². The van der Waals surface area contributed by atoms with E-state index in [4.69, 9.17) is 0 Å². The van der Waals surface area contributed by atoms with E-state index in [1.165, 1.54) is 37.8 Å². The molecule has 1 N–H and O–H groups in total. The molecule has 1 aliphatic rings. The highest BCUT2D eigenvalue weighted by Crippen LogP contribution is 2.24. The summed E-state index contributed by atoms with van der Waals surface area (Å²) in [6.07, 6.45) is 5.72. The SMILES string of the molecule is CC(NCC1CCCC1)c1ccccc1. The number of hydrogen-bond donors (Lipinski definition) is 1. The maximum absolute atomic E-state index is 3.64. The Hall–Kier alpha value is -0.820. The molecule has 0 amide bonds. The zero-order valence-corrected chi connectivity index (χ0v) is 9.58. The monoisotopic (exact) mass is 203 g/mol. The van der Waals surface area contributed by atoms with Crippen molar-refractivity contribution in [2.24, 2.45) is 5.92 Å². The van der Waals surface area contributed by atoms with Gasteiger partial charge < -0.3 is 5.32 Å². The minimum Gasteiger partial charge on any atom is -0.310 e. The molecule has 82 valence electrons. The van der Waals surface area contributed by atoms with Gasteiger partial charge in [0.25, 0.3) is 0 Å². The van der Waals surface area contributed by atoms with E-state index in [2.05, 4.69) is 42.6 Å². The summed E-state index contributed by atoms with van der Waals surface area (Å²) in [7, 11) is 0. The number of hydrogen-bond acceptors (Lipinski definition) is 1. The minimum absolute atomic E-state index is 0.492. The first kappa shape index (κ1) is 10.7. The Morgan fingerprint density at radius 2 is 1.87 bits per heavy atom. The third kappa shape index (κ3) is 3.07. The van der Waals surface area contributed by atoms with Crippen LogP contribution in [0.1, 0.15) is 44.2 Å². The molecule has 1 aromatic carbocycles. The van der Waals surface area contributed by atoms with Gasteiger partial charge in [-0.3, -0.25) is 0 Å². The molecule has 0 heterocycles. The first-order valence-corrected chi connectivity index (χ1v) is 6.14. The van der Waals surface area contributed by atoms with Gasteiger partial charge in [-0.1, -0.05) is 43.2 Å². The van der Waals surface area contributed by atoms with Crippen molar-refractivity contribution in [2.75, 3.05) is 6.54 Å². The molecule has 0 saturated heterocycles. The molecule has 0 spiro atoms. The highest BCUT2D eigenvalue weighted by atomic mass is 14.9. The summed E-state index contributed by atoms with van der Waals surface area (Å²) in [4.78, 5) is 0. The predicted octanol–water partition coefficient (Wildman–Crippen LogP) is 3.53. The molecule has 1 saturated carbocycles. The average molecular weight is 203 g/mol. The summed E-state index contributed by atoms with van der Waals surface area (Å²) in [5.41, 5.74) is 1.40. The molecular weight excluding hydrogens is 182 g/mol. The summed E-state index contributed by atoms with van der Waals surface area (Å²) >= 11 is 0. The lowest BCUT2D eigenvalue weighted by molar-refractivity contribution is 0.452.